The smallest absolute Gasteiger partial charge is 0.355 e. The lowest BCUT2D eigenvalue weighted by atomic mass is 10.1. The molecule has 1 aromatic carbocycles. The molecule has 3 rings (SSSR count). The van der Waals surface area contributed by atoms with E-state index < -0.39 is 11.9 Å². The van der Waals surface area contributed by atoms with Gasteiger partial charge in [-0.05, 0) is 24.4 Å². The Bertz CT molecular complexity index is 897. The zero-order valence-corrected chi connectivity index (χ0v) is 13.8. The van der Waals surface area contributed by atoms with Crippen molar-refractivity contribution in [3.05, 3.63) is 34.3 Å². The first-order valence-electron chi connectivity index (χ1n) is 6.93. The lowest BCUT2D eigenvalue weighted by molar-refractivity contribution is -0.140. The number of carbonyl (C=O) groups excluding carboxylic acids is 2. The Labute approximate surface area is 141 Å². The van der Waals surface area contributed by atoms with Crippen molar-refractivity contribution in [1.82, 2.24) is 4.98 Å². The number of esters is 2. The summed E-state index contributed by atoms with van der Waals surface area (Å²) in [5.74, 6) is -1.31. The molecule has 0 saturated heterocycles. The molecule has 0 atom stereocenters. The van der Waals surface area contributed by atoms with Gasteiger partial charge in [0.15, 0.2) is 5.58 Å². The van der Waals surface area contributed by atoms with Gasteiger partial charge in [-0.2, -0.15) is 0 Å². The number of anilines is 1. The van der Waals surface area contributed by atoms with E-state index >= 15 is 0 Å². The fourth-order valence-electron chi connectivity index (χ4n) is 2.45. The number of fused-ring (bicyclic) bond motifs is 1. The lowest BCUT2D eigenvalue weighted by Gasteiger charge is -2.31. The molecule has 1 N–H and O–H groups in total. The Balaban J connectivity index is 2.13. The predicted octanol–water partition coefficient (Wildman–Crippen LogP) is 1.88. The number of nitrogens with zero attached hydrogens (tertiary/aromatic N) is 1. The van der Waals surface area contributed by atoms with Gasteiger partial charge >= 0.3 is 11.9 Å². The maximum absolute atomic E-state index is 12.2. The van der Waals surface area contributed by atoms with E-state index in [4.69, 9.17) is 30.8 Å². The van der Waals surface area contributed by atoms with Crippen LogP contribution in [0.3, 0.4) is 0 Å². The molecule has 1 aliphatic rings. The molecule has 1 aliphatic heterocycles. The van der Waals surface area contributed by atoms with Gasteiger partial charge < -0.3 is 28.5 Å². The Morgan fingerprint density at radius 1 is 1.25 bits per heavy atom. The number of methoxy groups -OCH3 is 2. The van der Waals surface area contributed by atoms with Crippen LogP contribution in [-0.2, 0) is 23.8 Å². The van der Waals surface area contributed by atoms with Crippen molar-refractivity contribution in [2.24, 2.45) is 0 Å². The molecule has 8 nitrogen and oxygen atoms in total. The van der Waals surface area contributed by atoms with Gasteiger partial charge in [-0.25, -0.2) is 9.59 Å². The van der Waals surface area contributed by atoms with Crippen molar-refractivity contribution in [1.29, 1.82) is 0 Å². The van der Waals surface area contributed by atoms with Crippen molar-refractivity contribution in [2.75, 3.05) is 32.5 Å². The molecule has 24 heavy (non-hydrogen) atoms. The number of aromatic amines is 1. The van der Waals surface area contributed by atoms with E-state index in [1.165, 1.54) is 19.1 Å². The van der Waals surface area contributed by atoms with Crippen molar-refractivity contribution in [3.63, 3.8) is 0 Å². The first kappa shape index (κ1) is 16.2. The van der Waals surface area contributed by atoms with Crippen LogP contribution in [0.5, 0.6) is 0 Å². The van der Waals surface area contributed by atoms with Crippen LogP contribution in [0.1, 0.15) is 0 Å². The summed E-state index contributed by atoms with van der Waals surface area (Å²) in [6, 6.07) is 5.19. The topological polar surface area (TPSA) is 94.0 Å². The van der Waals surface area contributed by atoms with Gasteiger partial charge in [0.25, 0.3) is 4.84 Å². The molecule has 0 unspecified atom stereocenters. The van der Waals surface area contributed by atoms with Gasteiger partial charge in [0.2, 0.25) is 0 Å². The third kappa shape index (κ3) is 2.79. The van der Waals surface area contributed by atoms with Crippen LogP contribution in [0.2, 0.25) is 0 Å². The maximum Gasteiger partial charge on any atom is 0.355 e. The van der Waals surface area contributed by atoms with E-state index in [0.717, 1.165) is 5.52 Å². The molecular formula is C15H14N2O6S. The Morgan fingerprint density at radius 3 is 2.71 bits per heavy atom. The molecule has 0 bridgehead atoms. The van der Waals surface area contributed by atoms with Gasteiger partial charge in [0.05, 0.1) is 31.9 Å². The highest BCUT2D eigenvalue weighted by molar-refractivity contribution is 7.71. The fourth-order valence-corrected chi connectivity index (χ4v) is 2.65. The normalized spacial score (nSPS) is 14.8. The zero-order chi connectivity index (χ0) is 17.3. The Kier molecular flexibility index (Phi) is 4.36. The van der Waals surface area contributed by atoms with Gasteiger partial charge in [-0.15, -0.1) is 0 Å². The first-order valence-corrected chi connectivity index (χ1v) is 7.34. The van der Waals surface area contributed by atoms with E-state index in [-0.39, 0.29) is 29.4 Å². The minimum atomic E-state index is -0.659. The number of carbonyl (C=O) groups is 2. The highest BCUT2D eigenvalue weighted by atomic mass is 32.1. The summed E-state index contributed by atoms with van der Waals surface area (Å²) in [6.07, 6.45) is 0. The average Bonchev–Trinajstić information content (AvgIpc) is 2.98. The van der Waals surface area contributed by atoms with Crippen LogP contribution in [0.25, 0.3) is 11.1 Å². The maximum atomic E-state index is 12.2. The summed E-state index contributed by atoms with van der Waals surface area (Å²) in [6.45, 7) is 0.0300. The fraction of sp³-hybridized carbons (Fsp3) is 0.267. The van der Waals surface area contributed by atoms with Crippen LogP contribution in [0, 0.1) is 4.84 Å². The summed E-state index contributed by atoms with van der Waals surface area (Å²) in [7, 11) is 2.48. The number of benzene rings is 1. The summed E-state index contributed by atoms with van der Waals surface area (Å²) in [5, 5.41) is 0. The second kappa shape index (κ2) is 6.46. The predicted molar refractivity (Wildman–Crippen MR) is 85.8 cm³/mol. The molecule has 0 aliphatic carbocycles. The lowest BCUT2D eigenvalue weighted by Crippen LogP contribution is -2.38. The summed E-state index contributed by atoms with van der Waals surface area (Å²) < 4.78 is 20.3. The zero-order valence-electron chi connectivity index (χ0n) is 13.0. The number of ether oxygens (including phenoxy) is 3. The molecule has 0 spiro atoms. The number of hydrogen-bond acceptors (Lipinski definition) is 8. The monoisotopic (exact) mass is 350 g/mol. The average molecular weight is 350 g/mol. The SMILES string of the molecule is COC(=O)C1=C(C(=O)OC)N(c2ccc3[nH]c(=S)oc3c2)COC1. The third-order valence-electron chi connectivity index (χ3n) is 3.55. The number of aromatic nitrogens is 1. The van der Waals surface area contributed by atoms with E-state index in [2.05, 4.69) is 4.98 Å². The second-order valence-electron chi connectivity index (χ2n) is 4.91. The molecule has 0 amide bonds. The third-order valence-corrected chi connectivity index (χ3v) is 3.73. The quantitative estimate of drug-likeness (QED) is 0.662. The molecule has 126 valence electrons. The standard InChI is InChI=1S/C15H14N2O6S/c1-20-13(18)9-6-22-7-17(12(9)14(19)21-2)8-3-4-10-11(5-8)23-15(24)16-10/h3-5H,6-7H2,1-2H3,(H,16,24). The number of hydrogen-bond donors (Lipinski definition) is 1. The van der Waals surface area contributed by atoms with Gasteiger partial charge in [0, 0.05) is 11.8 Å². The first-order chi connectivity index (χ1) is 11.5. The van der Waals surface area contributed by atoms with Crippen LogP contribution in [0.4, 0.5) is 5.69 Å². The van der Waals surface area contributed by atoms with Crippen molar-refractivity contribution >= 4 is 40.9 Å². The number of oxazole rings is 1. The summed E-state index contributed by atoms with van der Waals surface area (Å²) in [4.78, 5) is 28.8. The molecule has 2 aromatic rings. The van der Waals surface area contributed by atoms with Crippen LogP contribution in [-0.4, -0.2) is 44.5 Å². The van der Waals surface area contributed by atoms with E-state index in [1.807, 2.05) is 0 Å². The van der Waals surface area contributed by atoms with E-state index in [9.17, 15) is 9.59 Å². The van der Waals surface area contributed by atoms with E-state index in [1.54, 1.807) is 18.2 Å². The minimum Gasteiger partial charge on any atom is -0.466 e. The molecule has 9 heteroatoms. The van der Waals surface area contributed by atoms with Crippen LogP contribution in [0.15, 0.2) is 33.9 Å². The van der Waals surface area contributed by atoms with Crippen LogP contribution >= 0.6 is 12.2 Å². The van der Waals surface area contributed by atoms with Gasteiger partial charge in [0.1, 0.15) is 12.4 Å². The minimum absolute atomic E-state index is 0.0410. The Hall–Kier alpha value is -2.65. The summed E-state index contributed by atoms with van der Waals surface area (Å²) in [5.41, 5.74) is 1.99. The second-order valence-corrected chi connectivity index (χ2v) is 5.28. The number of rotatable bonds is 3. The summed E-state index contributed by atoms with van der Waals surface area (Å²) >= 11 is 4.96. The molecular weight excluding hydrogens is 336 g/mol. The number of nitrogens with one attached hydrogen (secondary N) is 1. The van der Waals surface area contributed by atoms with Gasteiger partial charge in [-0.3, -0.25) is 0 Å². The van der Waals surface area contributed by atoms with Gasteiger partial charge in [-0.1, -0.05) is 0 Å². The highest BCUT2D eigenvalue weighted by Crippen LogP contribution is 2.29. The van der Waals surface area contributed by atoms with E-state index in [0.29, 0.717) is 11.3 Å². The van der Waals surface area contributed by atoms with Crippen LogP contribution < -0.4 is 4.90 Å². The van der Waals surface area contributed by atoms with Crippen molar-refractivity contribution in [2.45, 2.75) is 0 Å². The molecule has 0 fully saturated rings. The highest BCUT2D eigenvalue weighted by Gasteiger charge is 2.32. The molecule has 1 aromatic heterocycles. The molecule has 0 radical (unpaired) electrons. The molecule has 0 saturated carbocycles. The van der Waals surface area contributed by atoms with Crippen molar-refractivity contribution < 1.29 is 28.2 Å². The Morgan fingerprint density at radius 2 is 2.00 bits per heavy atom. The largest absolute Gasteiger partial charge is 0.466 e. The van der Waals surface area contributed by atoms with Crippen molar-refractivity contribution in [3.8, 4) is 0 Å². The molecule has 2 heterocycles. The number of H-pyrrole nitrogens is 1.